The van der Waals surface area contributed by atoms with Crippen LogP contribution < -0.4 is 14.4 Å². The second kappa shape index (κ2) is 9.82. The van der Waals surface area contributed by atoms with Crippen molar-refractivity contribution in [2.24, 2.45) is 0 Å². The molecule has 176 valence electrons. The summed E-state index contributed by atoms with van der Waals surface area (Å²) in [4.78, 5) is 5.13. The van der Waals surface area contributed by atoms with Gasteiger partial charge in [0, 0.05) is 67.6 Å². The number of rotatable bonds is 7. The molecule has 5 rings (SSSR count). The number of aromatic nitrogens is 1. The van der Waals surface area contributed by atoms with Crippen molar-refractivity contribution < 1.29 is 9.47 Å². The van der Waals surface area contributed by atoms with Crippen molar-refractivity contribution in [2.75, 3.05) is 45.3 Å². The highest BCUT2D eigenvalue weighted by Crippen LogP contribution is 2.31. The highest BCUT2D eigenvalue weighted by Gasteiger charge is 2.23. The largest absolute Gasteiger partial charge is 0.493 e. The van der Waals surface area contributed by atoms with E-state index in [2.05, 4.69) is 94.3 Å². The normalized spacial score (nSPS) is 15.4. The Hall–Kier alpha value is -3.44. The Kier molecular flexibility index (Phi) is 6.45. The molecule has 0 amide bonds. The van der Waals surface area contributed by atoms with E-state index in [-0.39, 0.29) is 0 Å². The molecule has 0 aliphatic carbocycles. The first-order valence-electron chi connectivity index (χ1n) is 12.0. The number of fused-ring (bicyclic) bond motifs is 1. The van der Waals surface area contributed by atoms with Gasteiger partial charge in [0.25, 0.3) is 0 Å². The quantitative estimate of drug-likeness (QED) is 0.363. The van der Waals surface area contributed by atoms with Crippen molar-refractivity contribution in [1.29, 1.82) is 0 Å². The highest BCUT2D eigenvalue weighted by molar-refractivity contribution is 5.94. The van der Waals surface area contributed by atoms with E-state index in [1.807, 2.05) is 6.07 Å². The predicted octanol–water partition coefficient (Wildman–Crippen LogP) is 5.59. The minimum Gasteiger partial charge on any atom is -0.493 e. The fourth-order valence-corrected chi connectivity index (χ4v) is 5.05. The van der Waals surface area contributed by atoms with Crippen molar-refractivity contribution in [1.82, 2.24) is 9.47 Å². The fourth-order valence-electron chi connectivity index (χ4n) is 5.05. The Bertz CT molecular complexity index is 1240. The summed E-state index contributed by atoms with van der Waals surface area (Å²) in [5, 5.41) is 2.59. The molecule has 0 saturated carbocycles. The van der Waals surface area contributed by atoms with Gasteiger partial charge in [-0.3, -0.25) is 4.90 Å². The number of nitrogens with zero attached hydrogens (tertiary/aromatic N) is 3. The van der Waals surface area contributed by atoms with E-state index in [0.717, 1.165) is 44.2 Å². The lowest BCUT2D eigenvalue weighted by molar-refractivity contribution is 0.198. The van der Waals surface area contributed by atoms with Crippen molar-refractivity contribution in [3.05, 3.63) is 90.3 Å². The van der Waals surface area contributed by atoms with Crippen LogP contribution in [0.25, 0.3) is 10.8 Å². The van der Waals surface area contributed by atoms with E-state index < -0.39 is 0 Å². The van der Waals surface area contributed by atoms with E-state index in [1.54, 1.807) is 14.2 Å². The number of piperazine rings is 1. The molecule has 0 N–H and O–H groups in total. The first-order chi connectivity index (χ1) is 16.7. The Morgan fingerprint density at radius 3 is 2.29 bits per heavy atom. The average molecular weight is 456 g/mol. The molecule has 1 saturated heterocycles. The lowest BCUT2D eigenvalue weighted by Crippen LogP contribution is -2.47. The third kappa shape index (κ3) is 4.48. The van der Waals surface area contributed by atoms with Gasteiger partial charge in [-0.15, -0.1) is 0 Å². The standard InChI is InChI=1S/C29H33N3O2/c1-22(24-8-5-4-6-9-24)31-14-16-32(17-15-31)27-11-7-10-25-20-30(21-26(25)27)19-23-12-13-28(33-2)29(18-23)34-3/h4-13,18,20-22H,14-17,19H2,1-3H3. The predicted molar refractivity (Wildman–Crippen MR) is 139 cm³/mol. The van der Waals surface area contributed by atoms with Crippen LogP contribution in [-0.2, 0) is 6.54 Å². The SMILES string of the molecule is COc1ccc(Cn2cc3cccc(N4CCN(C(C)c5ccccc5)CC4)c3c2)cc1OC. The molecule has 2 heterocycles. The van der Waals surface area contributed by atoms with Gasteiger partial charge in [-0.2, -0.15) is 0 Å². The Morgan fingerprint density at radius 1 is 0.794 bits per heavy atom. The van der Waals surface area contributed by atoms with Crippen LogP contribution >= 0.6 is 0 Å². The highest BCUT2D eigenvalue weighted by atomic mass is 16.5. The first-order valence-corrected chi connectivity index (χ1v) is 12.0. The lowest BCUT2D eigenvalue weighted by atomic mass is 10.1. The summed E-state index contributed by atoms with van der Waals surface area (Å²) in [6.45, 7) is 7.32. The number of hydrogen-bond acceptors (Lipinski definition) is 4. The minimum atomic E-state index is 0.446. The van der Waals surface area contributed by atoms with Gasteiger partial charge < -0.3 is 18.9 Å². The molecule has 3 aromatic carbocycles. The smallest absolute Gasteiger partial charge is 0.161 e. The van der Waals surface area contributed by atoms with Crippen LogP contribution in [0.1, 0.15) is 24.1 Å². The number of methoxy groups -OCH3 is 2. The van der Waals surface area contributed by atoms with Crippen molar-refractivity contribution in [3.8, 4) is 11.5 Å². The van der Waals surface area contributed by atoms with E-state index in [4.69, 9.17) is 9.47 Å². The summed E-state index contributed by atoms with van der Waals surface area (Å²) in [6.07, 6.45) is 4.52. The van der Waals surface area contributed by atoms with E-state index in [1.165, 1.54) is 27.6 Å². The molecular formula is C29H33N3O2. The Balaban J connectivity index is 1.32. The molecule has 1 aromatic heterocycles. The lowest BCUT2D eigenvalue weighted by Gasteiger charge is -2.39. The number of anilines is 1. The van der Waals surface area contributed by atoms with Crippen LogP contribution in [-0.4, -0.2) is 49.9 Å². The van der Waals surface area contributed by atoms with E-state index >= 15 is 0 Å². The van der Waals surface area contributed by atoms with Gasteiger partial charge in [0.2, 0.25) is 0 Å². The summed E-state index contributed by atoms with van der Waals surface area (Å²) in [5.74, 6) is 1.52. The Morgan fingerprint density at radius 2 is 1.56 bits per heavy atom. The zero-order valence-electron chi connectivity index (χ0n) is 20.3. The molecule has 0 spiro atoms. The van der Waals surface area contributed by atoms with Gasteiger partial charge >= 0.3 is 0 Å². The monoisotopic (exact) mass is 455 g/mol. The maximum atomic E-state index is 5.48. The zero-order chi connectivity index (χ0) is 23.5. The summed E-state index contributed by atoms with van der Waals surface area (Å²) >= 11 is 0. The molecule has 5 nitrogen and oxygen atoms in total. The molecule has 5 heteroatoms. The molecule has 0 bridgehead atoms. The second-order valence-electron chi connectivity index (χ2n) is 9.01. The van der Waals surface area contributed by atoms with Gasteiger partial charge in [-0.25, -0.2) is 0 Å². The van der Waals surface area contributed by atoms with Gasteiger partial charge in [0.1, 0.15) is 0 Å². The molecular weight excluding hydrogens is 422 g/mol. The van der Waals surface area contributed by atoms with Gasteiger partial charge in [0.15, 0.2) is 11.5 Å². The maximum absolute atomic E-state index is 5.48. The van der Waals surface area contributed by atoms with Crippen molar-refractivity contribution in [2.45, 2.75) is 19.5 Å². The van der Waals surface area contributed by atoms with Crippen molar-refractivity contribution in [3.63, 3.8) is 0 Å². The van der Waals surface area contributed by atoms with Crippen LogP contribution in [0.5, 0.6) is 11.5 Å². The maximum Gasteiger partial charge on any atom is 0.161 e. The third-order valence-electron chi connectivity index (χ3n) is 7.01. The van der Waals surface area contributed by atoms with Gasteiger partial charge in [0.05, 0.1) is 14.2 Å². The van der Waals surface area contributed by atoms with Crippen molar-refractivity contribution >= 4 is 16.5 Å². The molecule has 1 unspecified atom stereocenters. The topological polar surface area (TPSA) is 29.9 Å². The second-order valence-corrected chi connectivity index (χ2v) is 9.01. The Labute approximate surface area is 202 Å². The van der Waals surface area contributed by atoms with Crippen LogP contribution in [0.4, 0.5) is 5.69 Å². The van der Waals surface area contributed by atoms with Gasteiger partial charge in [-0.1, -0.05) is 48.5 Å². The number of benzene rings is 3. The third-order valence-corrected chi connectivity index (χ3v) is 7.01. The molecule has 4 aromatic rings. The fraction of sp³-hybridized carbons (Fsp3) is 0.310. The van der Waals surface area contributed by atoms with Crippen LogP contribution in [0.3, 0.4) is 0 Å². The summed E-state index contributed by atoms with van der Waals surface area (Å²) in [7, 11) is 3.35. The van der Waals surface area contributed by atoms with E-state index in [9.17, 15) is 0 Å². The number of hydrogen-bond donors (Lipinski definition) is 0. The van der Waals surface area contributed by atoms with Crippen LogP contribution in [0.15, 0.2) is 79.1 Å². The van der Waals surface area contributed by atoms with E-state index in [0.29, 0.717) is 6.04 Å². The molecule has 0 radical (unpaired) electrons. The molecule has 1 aliphatic rings. The molecule has 1 fully saturated rings. The van der Waals surface area contributed by atoms with Crippen LogP contribution in [0, 0.1) is 0 Å². The zero-order valence-corrected chi connectivity index (χ0v) is 20.3. The number of ether oxygens (including phenoxy) is 2. The summed E-state index contributed by atoms with van der Waals surface area (Å²) < 4.78 is 13.1. The summed E-state index contributed by atoms with van der Waals surface area (Å²) in [5.41, 5.74) is 3.91. The minimum absolute atomic E-state index is 0.446. The van der Waals surface area contributed by atoms with Gasteiger partial charge in [-0.05, 0) is 36.2 Å². The molecule has 34 heavy (non-hydrogen) atoms. The average Bonchev–Trinajstić information content (AvgIpc) is 3.31. The molecule has 1 aliphatic heterocycles. The summed E-state index contributed by atoms with van der Waals surface area (Å²) in [6, 6.07) is 24.0. The molecule has 1 atom stereocenters. The van der Waals surface area contributed by atoms with Crippen LogP contribution in [0.2, 0.25) is 0 Å². The first kappa shape index (κ1) is 22.4.